The molecule has 3 rings (SSSR count). The van der Waals surface area contributed by atoms with Crippen LogP contribution in [0, 0.1) is 0 Å². The average molecular weight is 337 g/mol. The summed E-state index contributed by atoms with van der Waals surface area (Å²) >= 11 is 0. The van der Waals surface area contributed by atoms with Crippen LogP contribution in [0.2, 0.25) is 0 Å². The van der Waals surface area contributed by atoms with Crippen LogP contribution in [0.25, 0.3) is 5.65 Å². The molecule has 10 heteroatoms. The maximum absolute atomic E-state index is 12.9. The fourth-order valence-corrected chi connectivity index (χ4v) is 2.27. The molecule has 0 unspecified atom stereocenters. The van der Waals surface area contributed by atoms with Gasteiger partial charge in [-0.05, 0) is 18.2 Å². The largest absolute Gasteiger partial charge is 0.416 e. The number of benzene rings is 1. The molecule has 0 atom stereocenters. The molecule has 0 saturated carbocycles. The second-order valence-electron chi connectivity index (χ2n) is 5.08. The lowest BCUT2D eigenvalue weighted by atomic mass is 10.1. The number of halogens is 3. The van der Waals surface area contributed by atoms with Crippen LogP contribution in [0.4, 0.5) is 41.9 Å². The molecular formula is C14H14F3N7. The van der Waals surface area contributed by atoms with Crippen molar-refractivity contribution in [3.05, 3.63) is 36.0 Å². The monoisotopic (exact) mass is 337 g/mol. The van der Waals surface area contributed by atoms with E-state index in [9.17, 15) is 13.2 Å². The predicted molar refractivity (Wildman–Crippen MR) is 86.1 cm³/mol. The van der Waals surface area contributed by atoms with Crippen molar-refractivity contribution in [2.75, 3.05) is 29.1 Å². The normalized spacial score (nSPS) is 11.7. The molecule has 3 aromatic rings. The number of nitrogens with one attached hydrogen (secondary N) is 2. The van der Waals surface area contributed by atoms with Crippen molar-refractivity contribution >= 4 is 34.3 Å². The Kier molecular flexibility index (Phi) is 3.59. The van der Waals surface area contributed by atoms with Crippen molar-refractivity contribution in [3.63, 3.8) is 0 Å². The van der Waals surface area contributed by atoms with Crippen molar-refractivity contribution in [2.45, 2.75) is 6.18 Å². The van der Waals surface area contributed by atoms with Gasteiger partial charge in [-0.15, -0.1) is 5.10 Å². The Hall–Kier alpha value is -3.17. The summed E-state index contributed by atoms with van der Waals surface area (Å²) in [6.07, 6.45) is -3.05. The van der Waals surface area contributed by atoms with E-state index in [0.29, 0.717) is 17.2 Å². The number of hydrogen-bond donors (Lipinski definition) is 4. The quantitative estimate of drug-likeness (QED) is 0.548. The molecule has 126 valence electrons. The third-order valence-electron chi connectivity index (χ3n) is 3.32. The Morgan fingerprint density at radius 2 is 1.88 bits per heavy atom. The van der Waals surface area contributed by atoms with Crippen molar-refractivity contribution < 1.29 is 13.2 Å². The van der Waals surface area contributed by atoms with Gasteiger partial charge >= 0.3 is 6.18 Å². The van der Waals surface area contributed by atoms with Gasteiger partial charge in [0, 0.05) is 24.5 Å². The van der Waals surface area contributed by atoms with Gasteiger partial charge in [-0.3, -0.25) is 0 Å². The number of anilines is 5. The first kappa shape index (κ1) is 15.7. The number of nitrogen functional groups attached to an aromatic ring is 2. The van der Waals surface area contributed by atoms with E-state index in [2.05, 4.69) is 20.7 Å². The molecule has 0 aliphatic rings. The summed E-state index contributed by atoms with van der Waals surface area (Å²) in [5, 5.41) is 9.95. The van der Waals surface area contributed by atoms with Crippen LogP contribution < -0.4 is 22.1 Å². The lowest BCUT2D eigenvalue weighted by Gasteiger charge is -2.13. The number of nitrogens with two attached hydrogens (primary N) is 2. The second-order valence-corrected chi connectivity index (χ2v) is 5.08. The third-order valence-corrected chi connectivity index (χ3v) is 3.32. The van der Waals surface area contributed by atoms with E-state index < -0.39 is 11.7 Å². The fraction of sp³-hybridized carbons (Fsp3) is 0.143. The number of fused-ring (bicyclic) bond motifs is 1. The molecular weight excluding hydrogens is 323 g/mol. The zero-order valence-corrected chi connectivity index (χ0v) is 12.5. The van der Waals surface area contributed by atoms with E-state index in [4.69, 9.17) is 11.5 Å². The summed E-state index contributed by atoms with van der Waals surface area (Å²) in [6, 6.07) is 4.82. The Bertz CT molecular complexity index is 901. The van der Waals surface area contributed by atoms with E-state index in [1.807, 2.05) is 0 Å². The lowest BCUT2D eigenvalue weighted by Crippen LogP contribution is -2.08. The van der Waals surface area contributed by atoms with Gasteiger partial charge < -0.3 is 22.1 Å². The molecule has 1 aromatic carbocycles. The van der Waals surface area contributed by atoms with Gasteiger partial charge in [0.25, 0.3) is 0 Å². The topological polar surface area (TPSA) is 106 Å². The first-order chi connectivity index (χ1) is 11.3. The highest BCUT2D eigenvalue weighted by Crippen LogP contribution is 2.33. The lowest BCUT2D eigenvalue weighted by molar-refractivity contribution is -0.137. The maximum Gasteiger partial charge on any atom is 0.416 e. The average Bonchev–Trinajstić information content (AvgIpc) is 2.87. The molecule has 2 aromatic heterocycles. The summed E-state index contributed by atoms with van der Waals surface area (Å²) in [4.78, 5) is 4.11. The van der Waals surface area contributed by atoms with Crippen LogP contribution in [0.1, 0.15) is 5.56 Å². The van der Waals surface area contributed by atoms with Crippen molar-refractivity contribution in [1.29, 1.82) is 0 Å². The summed E-state index contributed by atoms with van der Waals surface area (Å²) in [5.41, 5.74) is 11.8. The second kappa shape index (κ2) is 5.48. The van der Waals surface area contributed by atoms with E-state index in [0.717, 1.165) is 12.1 Å². The summed E-state index contributed by atoms with van der Waals surface area (Å²) in [7, 11) is 1.69. The van der Waals surface area contributed by atoms with Crippen LogP contribution in [0.15, 0.2) is 30.5 Å². The zero-order valence-electron chi connectivity index (χ0n) is 12.5. The number of rotatable bonds is 3. The van der Waals surface area contributed by atoms with Gasteiger partial charge in [-0.1, -0.05) is 0 Å². The van der Waals surface area contributed by atoms with Crippen molar-refractivity contribution in [1.82, 2.24) is 14.6 Å². The third kappa shape index (κ3) is 2.85. The summed E-state index contributed by atoms with van der Waals surface area (Å²) < 4.78 is 40.0. The first-order valence-electron chi connectivity index (χ1n) is 6.84. The molecule has 0 fully saturated rings. The molecule has 0 saturated heterocycles. The number of aromatic nitrogens is 3. The van der Waals surface area contributed by atoms with Gasteiger partial charge in [-0.2, -0.15) is 17.7 Å². The molecule has 0 aliphatic carbocycles. The standard InChI is InChI=1S/C14H14F3N7/c1-20-10-5-12(23-24-11(19)6-21-13(10)24)22-9-3-7(14(15,16)17)2-8(18)4-9/h2-6,20H,18-19H2,1H3,(H,22,23). The summed E-state index contributed by atoms with van der Waals surface area (Å²) in [5.74, 6) is 0.587. The highest BCUT2D eigenvalue weighted by molar-refractivity contribution is 5.74. The number of nitrogens with zero attached hydrogens (tertiary/aromatic N) is 3. The Labute approximate surface area is 134 Å². The minimum atomic E-state index is -4.49. The minimum Gasteiger partial charge on any atom is -0.399 e. The highest BCUT2D eigenvalue weighted by atomic mass is 19.4. The smallest absolute Gasteiger partial charge is 0.399 e. The van der Waals surface area contributed by atoms with E-state index in [1.165, 1.54) is 16.8 Å². The van der Waals surface area contributed by atoms with E-state index >= 15 is 0 Å². The molecule has 24 heavy (non-hydrogen) atoms. The maximum atomic E-state index is 12.9. The molecule has 2 heterocycles. The van der Waals surface area contributed by atoms with Gasteiger partial charge in [0.05, 0.1) is 17.4 Å². The molecule has 0 aliphatic heterocycles. The molecule has 0 amide bonds. The highest BCUT2D eigenvalue weighted by Gasteiger charge is 2.31. The molecule has 0 bridgehead atoms. The van der Waals surface area contributed by atoms with Crippen LogP contribution in [0.3, 0.4) is 0 Å². The molecule has 0 spiro atoms. The van der Waals surface area contributed by atoms with Gasteiger partial charge in [0.15, 0.2) is 11.5 Å². The predicted octanol–water partition coefficient (Wildman–Crippen LogP) is 2.70. The van der Waals surface area contributed by atoms with Crippen molar-refractivity contribution in [3.8, 4) is 0 Å². The van der Waals surface area contributed by atoms with Crippen LogP contribution in [-0.2, 0) is 6.18 Å². The fourth-order valence-electron chi connectivity index (χ4n) is 2.27. The molecule has 6 N–H and O–H groups in total. The number of hydrogen-bond acceptors (Lipinski definition) is 6. The van der Waals surface area contributed by atoms with Crippen LogP contribution in [-0.4, -0.2) is 21.6 Å². The Morgan fingerprint density at radius 3 is 2.54 bits per heavy atom. The van der Waals surface area contributed by atoms with Gasteiger partial charge in [0.1, 0.15) is 5.82 Å². The summed E-state index contributed by atoms with van der Waals surface area (Å²) in [6.45, 7) is 0. The zero-order chi connectivity index (χ0) is 17.5. The van der Waals surface area contributed by atoms with E-state index in [-0.39, 0.29) is 17.2 Å². The SMILES string of the molecule is CNc1cc(Nc2cc(N)cc(C(F)(F)F)c2)nn2c(N)cnc12. The number of imidazole rings is 1. The van der Waals surface area contributed by atoms with Gasteiger partial charge in [0.2, 0.25) is 0 Å². The van der Waals surface area contributed by atoms with Crippen LogP contribution >= 0.6 is 0 Å². The Morgan fingerprint density at radius 1 is 1.12 bits per heavy atom. The number of alkyl halides is 3. The van der Waals surface area contributed by atoms with E-state index in [1.54, 1.807) is 13.1 Å². The molecule has 0 radical (unpaired) electrons. The van der Waals surface area contributed by atoms with Gasteiger partial charge in [-0.25, -0.2) is 4.98 Å². The minimum absolute atomic E-state index is 0.00983. The molecule has 7 nitrogen and oxygen atoms in total. The first-order valence-corrected chi connectivity index (χ1v) is 6.84. The van der Waals surface area contributed by atoms with Crippen LogP contribution in [0.5, 0.6) is 0 Å². The van der Waals surface area contributed by atoms with Crippen molar-refractivity contribution in [2.24, 2.45) is 0 Å². The Balaban J connectivity index is 2.04.